The third kappa shape index (κ3) is 6.70. The van der Waals surface area contributed by atoms with Crippen molar-refractivity contribution in [3.8, 4) is 0 Å². The van der Waals surface area contributed by atoms with Crippen LogP contribution in [0.1, 0.15) is 11.1 Å². The fourth-order valence-electron chi connectivity index (χ4n) is 4.17. The molecule has 0 saturated heterocycles. The first-order chi connectivity index (χ1) is 15.1. The molecule has 0 aliphatic rings. The maximum Gasteiger partial charge on any atom is 4.00 e. The molecule has 0 N–H and O–H groups in total. The van der Waals surface area contributed by atoms with Crippen molar-refractivity contribution in [2.24, 2.45) is 0 Å². The quantitative estimate of drug-likeness (QED) is 0.192. The van der Waals surface area contributed by atoms with Gasteiger partial charge in [-0.15, -0.1) is 79.5 Å². The van der Waals surface area contributed by atoms with Crippen LogP contribution >= 0.6 is 0 Å². The van der Waals surface area contributed by atoms with E-state index >= 15 is 0 Å². The van der Waals surface area contributed by atoms with Crippen molar-refractivity contribution in [2.45, 2.75) is 26.9 Å². The first-order valence-corrected chi connectivity index (χ1v) is 12.8. The van der Waals surface area contributed by atoms with Gasteiger partial charge in [0.25, 0.3) is 0 Å². The number of hydrogen-bond donors (Lipinski definition) is 0. The van der Waals surface area contributed by atoms with Gasteiger partial charge in [-0.25, -0.2) is 0 Å². The molecule has 6 aromatic carbocycles. The Kier molecular flexibility index (Phi) is 12.5. The van der Waals surface area contributed by atoms with Crippen molar-refractivity contribution in [1.82, 2.24) is 0 Å². The molecule has 0 unspecified atom stereocenters. The topological polar surface area (TPSA) is 0 Å². The van der Waals surface area contributed by atoms with Crippen molar-refractivity contribution in [3.05, 3.63) is 108 Å². The van der Waals surface area contributed by atoms with Gasteiger partial charge in [0.1, 0.15) is 0 Å². The maximum absolute atomic E-state index is 2.26. The molecule has 0 aliphatic carbocycles. The summed E-state index contributed by atoms with van der Waals surface area (Å²) < 4.78 is 0. The van der Waals surface area contributed by atoms with E-state index in [0.29, 0.717) is 0 Å². The molecule has 0 nitrogen and oxygen atoms in total. The summed E-state index contributed by atoms with van der Waals surface area (Å²) in [6.45, 7) is 8.58. The number of halogens is 2. The molecule has 0 saturated carbocycles. The zero-order chi connectivity index (χ0) is 21.8. The summed E-state index contributed by atoms with van der Waals surface area (Å²) in [5.41, 5.74) is 2.65. The molecular weight excluding hydrogens is 551 g/mol. The molecule has 0 spiro atoms. The average molecular weight is 579 g/mol. The molecule has 2 radical (unpaired) electrons. The summed E-state index contributed by atoms with van der Waals surface area (Å²) in [7, 11) is 1.08. The van der Waals surface area contributed by atoms with Crippen molar-refractivity contribution in [3.63, 3.8) is 0 Å². The molecule has 0 bridgehead atoms. The summed E-state index contributed by atoms with van der Waals surface area (Å²) >= 11 is 0. The molecule has 0 heterocycles. The summed E-state index contributed by atoms with van der Waals surface area (Å²) in [6, 6.07) is 34.9. The minimum atomic E-state index is 0. The van der Waals surface area contributed by atoms with E-state index in [1.54, 1.807) is 0 Å². The van der Waals surface area contributed by atoms with Crippen LogP contribution in [-0.4, -0.2) is 9.52 Å². The van der Waals surface area contributed by atoms with E-state index in [1.165, 1.54) is 54.2 Å². The Labute approximate surface area is 237 Å². The van der Waals surface area contributed by atoms with E-state index in [-0.39, 0.29) is 51.0 Å². The monoisotopic (exact) mass is 576 g/mol. The Bertz CT molecular complexity index is 1350. The summed E-state index contributed by atoms with van der Waals surface area (Å²) in [5, 5.41) is 10.8. The Morgan fingerprint density at radius 2 is 0.824 bits per heavy atom. The average Bonchev–Trinajstić information content (AvgIpc) is 3.31. The molecule has 4 heteroatoms. The predicted octanol–water partition coefficient (Wildman–Crippen LogP) is 2.83. The smallest absolute Gasteiger partial charge is 1.00 e. The standard InChI is InChI=1S/2C14H11.C2H6Si.2ClH.Zr/c2*1-10-6-7-14-12(8-10)9-11-4-2-3-5-13(11)14;1-3-2;;;/h2*2-9H,1H3;1-2H3;2*1H;/q2*-1;;;;+4/p-2. The Hall–Kier alpha value is -1.70. The number of hydrogen-bond acceptors (Lipinski definition) is 0. The molecule has 0 aromatic heterocycles. The van der Waals surface area contributed by atoms with Gasteiger partial charge < -0.3 is 24.8 Å². The molecule has 0 fully saturated rings. The molecule has 34 heavy (non-hydrogen) atoms. The summed E-state index contributed by atoms with van der Waals surface area (Å²) in [4.78, 5) is 0. The predicted molar refractivity (Wildman–Crippen MR) is 141 cm³/mol. The number of aryl methyl sites for hydroxylation is 2. The van der Waals surface area contributed by atoms with Crippen molar-refractivity contribution < 1.29 is 51.0 Å². The fourth-order valence-corrected chi connectivity index (χ4v) is 4.17. The molecule has 170 valence electrons. The molecule has 6 rings (SSSR count). The SMILES string of the molecule is C[Si]C.Cc1ccc2c(c1)[cH-]c1ccccc12.Cc1ccc2c(c1)[cH-]c1ccccc12.[Cl-].[Cl-].[Zr+4]. The van der Waals surface area contributed by atoms with E-state index < -0.39 is 0 Å². The van der Waals surface area contributed by atoms with Gasteiger partial charge >= 0.3 is 26.2 Å². The second kappa shape index (κ2) is 14.0. The van der Waals surface area contributed by atoms with E-state index in [0.717, 1.165) is 9.52 Å². The van der Waals surface area contributed by atoms with Gasteiger partial charge in [0.2, 0.25) is 0 Å². The first-order valence-electron chi connectivity index (χ1n) is 10.8. The van der Waals surface area contributed by atoms with Gasteiger partial charge in [-0.2, -0.15) is 0 Å². The molecule has 0 amide bonds. The Balaban J connectivity index is 0.000000283. The van der Waals surface area contributed by atoms with E-state index in [9.17, 15) is 0 Å². The van der Waals surface area contributed by atoms with Crippen molar-refractivity contribution in [1.29, 1.82) is 0 Å². The van der Waals surface area contributed by atoms with Crippen LogP contribution in [0, 0.1) is 13.8 Å². The normalized spacial score (nSPS) is 9.76. The Morgan fingerprint density at radius 3 is 1.21 bits per heavy atom. The number of fused-ring (bicyclic) bond motifs is 6. The molecule has 0 atom stereocenters. The van der Waals surface area contributed by atoms with Crippen molar-refractivity contribution in [2.75, 3.05) is 0 Å². The fraction of sp³-hybridized carbons (Fsp3) is 0.133. The largest absolute Gasteiger partial charge is 4.00 e. The van der Waals surface area contributed by atoms with Crippen LogP contribution in [0.15, 0.2) is 97.1 Å². The number of rotatable bonds is 0. The minimum Gasteiger partial charge on any atom is -1.00 e. The van der Waals surface area contributed by atoms with Crippen LogP contribution in [-0.2, 0) is 26.2 Å². The third-order valence-electron chi connectivity index (χ3n) is 5.54. The summed E-state index contributed by atoms with van der Waals surface area (Å²) in [6.07, 6.45) is 0. The zero-order valence-corrected chi connectivity index (χ0v) is 25.0. The van der Waals surface area contributed by atoms with Gasteiger partial charge in [0.05, 0.1) is 0 Å². The van der Waals surface area contributed by atoms with Gasteiger partial charge in [0, 0.05) is 9.52 Å². The maximum atomic E-state index is 2.26. The van der Waals surface area contributed by atoms with E-state index in [1.807, 2.05) is 0 Å². The zero-order valence-electron chi connectivity index (χ0n) is 20.0. The van der Waals surface area contributed by atoms with Gasteiger partial charge in [-0.3, -0.25) is 0 Å². The van der Waals surface area contributed by atoms with Gasteiger partial charge in [-0.1, -0.05) is 84.9 Å². The van der Waals surface area contributed by atoms with Gasteiger partial charge in [-0.05, 0) is 13.8 Å². The van der Waals surface area contributed by atoms with Gasteiger partial charge in [0.15, 0.2) is 0 Å². The second-order valence-electron chi connectivity index (χ2n) is 8.14. The van der Waals surface area contributed by atoms with E-state index in [4.69, 9.17) is 0 Å². The van der Waals surface area contributed by atoms with Crippen LogP contribution in [0.2, 0.25) is 13.1 Å². The molecular formula is C30H28Cl2SiZr. The van der Waals surface area contributed by atoms with Crippen LogP contribution in [0.3, 0.4) is 0 Å². The minimum absolute atomic E-state index is 0. The van der Waals surface area contributed by atoms with Crippen LogP contribution in [0.4, 0.5) is 0 Å². The first kappa shape index (κ1) is 30.3. The number of benzene rings is 4. The molecule has 6 aromatic rings. The van der Waals surface area contributed by atoms with Crippen molar-refractivity contribution >= 4 is 52.6 Å². The third-order valence-corrected chi connectivity index (χ3v) is 5.54. The van der Waals surface area contributed by atoms with Crippen LogP contribution in [0.5, 0.6) is 0 Å². The van der Waals surface area contributed by atoms with Crippen LogP contribution < -0.4 is 24.8 Å². The van der Waals surface area contributed by atoms with Crippen LogP contribution in [0.25, 0.3) is 43.1 Å². The van der Waals surface area contributed by atoms with E-state index in [2.05, 4.69) is 124 Å². The second-order valence-corrected chi connectivity index (χ2v) is 9.14. The summed E-state index contributed by atoms with van der Waals surface area (Å²) in [5.74, 6) is 0. The Morgan fingerprint density at radius 1 is 0.500 bits per heavy atom. The molecule has 0 aliphatic heterocycles.